The highest BCUT2D eigenvalue weighted by Gasteiger charge is 2.25. The van der Waals surface area contributed by atoms with Crippen molar-refractivity contribution in [3.63, 3.8) is 0 Å². The first-order valence-electron chi connectivity index (χ1n) is 9.75. The number of aromatic nitrogens is 1. The van der Waals surface area contributed by atoms with E-state index < -0.39 is 24.5 Å². The second-order valence-electron chi connectivity index (χ2n) is 7.29. The number of aryl methyl sites for hydroxylation is 1. The van der Waals surface area contributed by atoms with Gasteiger partial charge in [-0.3, -0.25) is 10.1 Å². The summed E-state index contributed by atoms with van der Waals surface area (Å²) in [5.41, 5.74) is 1.20. The van der Waals surface area contributed by atoms with Crippen molar-refractivity contribution in [1.82, 2.24) is 15.8 Å². The zero-order valence-electron chi connectivity index (χ0n) is 16.6. The molecule has 1 heterocycles. The van der Waals surface area contributed by atoms with E-state index in [0.717, 1.165) is 25.7 Å². The maximum atomic E-state index is 12.5. The van der Waals surface area contributed by atoms with Crippen LogP contribution in [-0.4, -0.2) is 35.7 Å². The molecule has 0 saturated heterocycles. The normalized spacial score (nSPS) is 18.7. The number of amides is 3. The lowest BCUT2D eigenvalue weighted by Gasteiger charge is -2.29. The average Bonchev–Trinajstić information content (AvgIpc) is 3.10. The van der Waals surface area contributed by atoms with Gasteiger partial charge >= 0.3 is 12.0 Å². The highest BCUT2D eigenvalue weighted by Crippen LogP contribution is 2.26. The summed E-state index contributed by atoms with van der Waals surface area (Å²) in [5, 5.41) is 8.94. The minimum absolute atomic E-state index is 0.0483. The summed E-state index contributed by atoms with van der Waals surface area (Å²) in [4.78, 5) is 36.5. The van der Waals surface area contributed by atoms with E-state index in [0.29, 0.717) is 22.9 Å². The molecule has 154 valence electrons. The van der Waals surface area contributed by atoms with Crippen molar-refractivity contribution in [3.05, 3.63) is 41.7 Å². The van der Waals surface area contributed by atoms with Crippen molar-refractivity contribution < 1.29 is 23.6 Å². The Morgan fingerprint density at radius 2 is 1.90 bits per heavy atom. The van der Waals surface area contributed by atoms with E-state index in [1.54, 1.807) is 19.1 Å². The number of rotatable bonds is 5. The minimum atomic E-state index is -0.737. The molecule has 0 spiro atoms. The fourth-order valence-corrected chi connectivity index (χ4v) is 3.51. The van der Waals surface area contributed by atoms with E-state index in [2.05, 4.69) is 22.7 Å². The van der Waals surface area contributed by atoms with Gasteiger partial charge in [0.05, 0.1) is 0 Å². The molecule has 3 amide bonds. The summed E-state index contributed by atoms with van der Waals surface area (Å²) in [6.07, 6.45) is 4.16. The van der Waals surface area contributed by atoms with Gasteiger partial charge in [-0.2, -0.15) is 0 Å². The van der Waals surface area contributed by atoms with Gasteiger partial charge in [-0.1, -0.05) is 55.3 Å². The van der Waals surface area contributed by atoms with Crippen LogP contribution in [0.1, 0.15) is 48.7 Å². The van der Waals surface area contributed by atoms with Gasteiger partial charge in [0.25, 0.3) is 5.91 Å². The Labute approximate surface area is 169 Å². The lowest BCUT2D eigenvalue weighted by atomic mass is 9.86. The summed E-state index contributed by atoms with van der Waals surface area (Å²) in [6.45, 7) is 3.10. The maximum absolute atomic E-state index is 12.5. The second-order valence-corrected chi connectivity index (χ2v) is 7.29. The van der Waals surface area contributed by atoms with E-state index in [1.807, 2.05) is 18.2 Å². The number of nitrogens with one attached hydrogen (secondary N) is 2. The Kier molecular flexibility index (Phi) is 6.64. The molecule has 29 heavy (non-hydrogen) atoms. The van der Waals surface area contributed by atoms with Gasteiger partial charge in [-0.25, -0.2) is 9.59 Å². The van der Waals surface area contributed by atoms with Crippen molar-refractivity contribution in [1.29, 1.82) is 0 Å². The smallest absolute Gasteiger partial charge is 0.344 e. The van der Waals surface area contributed by atoms with Crippen LogP contribution in [0.3, 0.4) is 0 Å². The number of urea groups is 1. The molecule has 1 aromatic carbocycles. The monoisotopic (exact) mass is 399 g/mol. The molecule has 2 atom stereocenters. The highest BCUT2D eigenvalue weighted by molar-refractivity contribution is 5.99. The van der Waals surface area contributed by atoms with Gasteiger partial charge in [0, 0.05) is 11.6 Å². The Balaban J connectivity index is 1.54. The predicted octanol–water partition coefficient (Wildman–Crippen LogP) is 3.21. The number of hydrogen-bond donors (Lipinski definition) is 2. The molecule has 1 saturated carbocycles. The lowest BCUT2D eigenvalue weighted by Crippen LogP contribution is -2.48. The van der Waals surface area contributed by atoms with E-state index >= 15 is 0 Å². The van der Waals surface area contributed by atoms with Crippen LogP contribution < -0.4 is 10.6 Å². The Hall–Kier alpha value is -3.16. The number of benzene rings is 1. The molecule has 2 aromatic rings. The van der Waals surface area contributed by atoms with Crippen LogP contribution in [-0.2, 0) is 9.53 Å². The van der Waals surface area contributed by atoms with Gasteiger partial charge < -0.3 is 14.6 Å². The number of carbonyl (C=O) groups excluding carboxylic acids is 3. The summed E-state index contributed by atoms with van der Waals surface area (Å²) < 4.78 is 10.2. The van der Waals surface area contributed by atoms with E-state index in [4.69, 9.17) is 9.26 Å². The standard InChI is InChI=1S/C21H25N3O5/c1-13-8-6-7-11-16(13)22-21(27)23-17(25)12-28-20(26)18-14(2)29-24-19(18)15-9-4-3-5-10-15/h3-5,9-10,13,16H,6-8,11-12H2,1-2H3,(H2,22,23,25,27)/t13-,16+/m1/s1. The van der Waals surface area contributed by atoms with Crippen LogP contribution in [0.5, 0.6) is 0 Å². The average molecular weight is 399 g/mol. The van der Waals surface area contributed by atoms with Crippen molar-refractivity contribution in [2.75, 3.05) is 6.61 Å². The third kappa shape index (κ3) is 5.22. The van der Waals surface area contributed by atoms with Gasteiger partial charge in [-0.15, -0.1) is 0 Å². The molecule has 1 aliphatic carbocycles. The number of nitrogens with zero attached hydrogens (tertiary/aromatic N) is 1. The van der Waals surface area contributed by atoms with Gasteiger partial charge in [0.1, 0.15) is 17.0 Å². The zero-order valence-corrected chi connectivity index (χ0v) is 16.6. The highest BCUT2D eigenvalue weighted by atomic mass is 16.5. The van der Waals surface area contributed by atoms with Crippen LogP contribution >= 0.6 is 0 Å². The molecule has 1 fully saturated rings. The SMILES string of the molecule is Cc1onc(-c2ccccc2)c1C(=O)OCC(=O)NC(=O)N[C@H]1CCCC[C@H]1C. The Morgan fingerprint density at radius 3 is 2.62 bits per heavy atom. The summed E-state index contributed by atoms with van der Waals surface area (Å²) >= 11 is 0. The summed E-state index contributed by atoms with van der Waals surface area (Å²) in [5.74, 6) is -0.776. The molecule has 8 nitrogen and oxygen atoms in total. The number of hydrogen-bond acceptors (Lipinski definition) is 6. The fourth-order valence-electron chi connectivity index (χ4n) is 3.51. The van der Waals surface area contributed by atoms with Crippen LogP contribution in [0.2, 0.25) is 0 Å². The molecule has 0 aliphatic heterocycles. The number of carbonyl (C=O) groups is 3. The van der Waals surface area contributed by atoms with Crippen LogP contribution in [0.25, 0.3) is 11.3 Å². The predicted molar refractivity (Wildman–Crippen MR) is 105 cm³/mol. The third-order valence-electron chi connectivity index (χ3n) is 5.13. The molecular formula is C21H25N3O5. The van der Waals surface area contributed by atoms with Gasteiger partial charge in [-0.05, 0) is 25.7 Å². The molecule has 0 bridgehead atoms. The molecule has 0 radical (unpaired) electrons. The topological polar surface area (TPSA) is 111 Å². The maximum Gasteiger partial charge on any atom is 0.344 e. The molecule has 1 aromatic heterocycles. The van der Waals surface area contributed by atoms with Crippen LogP contribution in [0.4, 0.5) is 4.79 Å². The first kappa shape index (κ1) is 20.6. The van der Waals surface area contributed by atoms with Gasteiger partial charge in [0.2, 0.25) is 0 Å². The quantitative estimate of drug-likeness (QED) is 0.747. The zero-order chi connectivity index (χ0) is 20.8. The third-order valence-corrected chi connectivity index (χ3v) is 5.13. The van der Waals surface area contributed by atoms with E-state index in [1.165, 1.54) is 0 Å². The second kappa shape index (κ2) is 9.36. The lowest BCUT2D eigenvalue weighted by molar-refractivity contribution is -0.123. The fraction of sp³-hybridized carbons (Fsp3) is 0.429. The minimum Gasteiger partial charge on any atom is -0.452 e. The number of ether oxygens (including phenoxy) is 1. The van der Waals surface area contributed by atoms with Gasteiger partial charge in [0.15, 0.2) is 6.61 Å². The van der Waals surface area contributed by atoms with Crippen molar-refractivity contribution in [2.24, 2.45) is 5.92 Å². The first-order valence-corrected chi connectivity index (χ1v) is 9.75. The molecular weight excluding hydrogens is 374 g/mol. The molecule has 2 N–H and O–H groups in total. The summed E-state index contributed by atoms with van der Waals surface area (Å²) in [7, 11) is 0. The molecule has 8 heteroatoms. The molecule has 0 unspecified atom stereocenters. The van der Waals surface area contributed by atoms with Crippen molar-refractivity contribution in [3.8, 4) is 11.3 Å². The molecule has 3 rings (SSSR count). The van der Waals surface area contributed by atoms with Crippen LogP contribution in [0, 0.1) is 12.8 Å². The Bertz CT molecular complexity index is 878. The molecule has 1 aliphatic rings. The summed E-state index contributed by atoms with van der Waals surface area (Å²) in [6, 6.07) is 8.52. The first-order chi connectivity index (χ1) is 14.0. The number of esters is 1. The Morgan fingerprint density at radius 1 is 1.17 bits per heavy atom. The largest absolute Gasteiger partial charge is 0.452 e. The van der Waals surface area contributed by atoms with Crippen molar-refractivity contribution in [2.45, 2.75) is 45.6 Å². The van der Waals surface area contributed by atoms with E-state index in [-0.39, 0.29) is 11.6 Å². The van der Waals surface area contributed by atoms with E-state index in [9.17, 15) is 14.4 Å². The van der Waals surface area contributed by atoms with Crippen LogP contribution in [0.15, 0.2) is 34.9 Å². The van der Waals surface area contributed by atoms with Crippen molar-refractivity contribution >= 4 is 17.9 Å². The number of imide groups is 1.